The van der Waals surface area contributed by atoms with Crippen molar-refractivity contribution in [1.82, 2.24) is 17.5 Å². The van der Waals surface area contributed by atoms with Crippen LogP contribution in [0.3, 0.4) is 0 Å². The summed E-state index contributed by atoms with van der Waals surface area (Å²) >= 11 is 6.47. The summed E-state index contributed by atoms with van der Waals surface area (Å²) in [6.07, 6.45) is 58.4. The maximum atomic E-state index is 6.39. The second-order valence-electron chi connectivity index (χ2n) is 28.7. The van der Waals surface area contributed by atoms with Gasteiger partial charge >= 0.3 is 0 Å². The normalized spacial score (nSPS) is 13.8. The van der Waals surface area contributed by atoms with Crippen molar-refractivity contribution < 1.29 is 9.47 Å². The van der Waals surface area contributed by atoms with E-state index in [1.54, 1.807) is 28.0 Å². The van der Waals surface area contributed by atoms with Gasteiger partial charge in [0.25, 0.3) is 0 Å². The van der Waals surface area contributed by atoms with Crippen LogP contribution >= 0.6 is 46.1 Å². The Morgan fingerprint density at radius 1 is 0.326 bits per heavy atom. The molecule has 0 aliphatic heterocycles. The van der Waals surface area contributed by atoms with Crippen LogP contribution in [0.5, 0.6) is 11.5 Å². The third-order valence-electron chi connectivity index (χ3n) is 22.0. The Labute approximate surface area is 573 Å². The first-order valence-corrected chi connectivity index (χ1v) is 41.2. The summed E-state index contributed by atoms with van der Waals surface area (Å²) in [5.41, 5.74) is 18.4. The summed E-state index contributed by atoms with van der Waals surface area (Å²) in [7, 11) is 3.68. The van der Waals surface area contributed by atoms with Gasteiger partial charge in [0.2, 0.25) is 0 Å². The second kappa shape index (κ2) is 35.9. The number of methoxy groups -OCH3 is 2. The van der Waals surface area contributed by atoms with Crippen molar-refractivity contribution in [3.05, 3.63) is 69.1 Å². The monoisotopic (exact) mass is 1320 g/mol. The number of hydrogen-bond donors (Lipinski definition) is 0. The minimum absolute atomic E-state index is 0.109. The Balaban J connectivity index is 1.10. The number of unbranched alkanes of at least 4 members (excludes halogenated alkanes) is 36. The van der Waals surface area contributed by atoms with E-state index in [4.69, 9.17) is 27.0 Å². The highest BCUT2D eigenvalue weighted by atomic mass is 32.1. The van der Waals surface area contributed by atoms with E-state index >= 15 is 0 Å². The number of aromatic nitrogens is 4. The number of fused-ring (bicyclic) bond motifs is 12. The molecule has 0 saturated heterocycles. The molecule has 4 aromatic carbocycles. The molecule has 92 heavy (non-hydrogen) atoms. The van der Waals surface area contributed by atoms with Crippen molar-refractivity contribution in [3.63, 3.8) is 0 Å². The number of thiophene rings is 2. The van der Waals surface area contributed by atoms with Crippen LogP contribution in [-0.2, 0) is 10.8 Å². The molecule has 8 aromatic rings. The Bertz CT molecular complexity index is 3460. The first kappa shape index (κ1) is 70.8. The molecule has 4 aromatic heterocycles. The van der Waals surface area contributed by atoms with Crippen molar-refractivity contribution >= 4 is 88.4 Å². The number of hydrogen-bond acceptors (Lipinski definition) is 10. The number of nitrogens with zero attached hydrogens (tertiary/aromatic N) is 4. The highest BCUT2D eigenvalue weighted by Crippen LogP contribution is 2.64. The number of benzene rings is 4. The fraction of sp³-hybridized carbons (Fsp3) is 0.659. The second-order valence-corrected chi connectivity index (χ2v) is 32.1. The van der Waals surface area contributed by atoms with Crippen LogP contribution < -0.4 is 9.47 Å². The third kappa shape index (κ3) is 16.2. The summed E-state index contributed by atoms with van der Waals surface area (Å²) < 4.78 is 36.4. The lowest BCUT2D eigenvalue weighted by Crippen LogP contribution is -2.27. The third-order valence-corrected chi connectivity index (χ3v) is 25.3. The molecule has 6 nitrogen and oxygen atoms in total. The van der Waals surface area contributed by atoms with Gasteiger partial charge in [-0.3, -0.25) is 0 Å². The number of aryl methyl sites for hydroxylation is 2. The fourth-order valence-corrected chi connectivity index (χ4v) is 20.4. The van der Waals surface area contributed by atoms with Gasteiger partial charge in [-0.25, -0.2) is 0 Å². The van der Waals surface area contributed by atoms with Crippen LogP contribution in [0.15, 0.2) is 36.4 Å². The number of ether oxygens (including phenoxy) is 2. The quantitative estimate of drug-likeness (QED) is 0.0354. The average molecular weight is 1320 g/mol. The van der Waals surface area contributed by atoms with Gasteiger partial charge in [-0.05, 0) is 109 Å². The SMILES string of the molecule is CCCCCCCCCCCCC1(CCCCCCCCCCCC)c2cc3c(cc2-c2c1cc(C)c1nsnc21)C(CCCCCCCCCCCC)(CCCCCCCCCCCC)c1cc(-c2cc4c(OC)c5sc(C)cc5c(OC)c4s2)c2nsnc2c1-3. The molecule has 10 heteroatoms. The minimum atomic E-state index is -0.193. The van der Waals surface area contributed by atoms with E-state index in [9.17, 15) is 0 Å². The Morgan fingerprint density at radius 2 is 0.641 bits per heavy atom. The lowest BCUT2D eigenvalue weighted by molar-refractivity contribution is 0.393. The highest BCUT2D eigenvalue weighted by Gasteiger charge is 2.50. The molecule has 0 unspecified atom stereocenters. The molecule has 2 aliphatic rings. The molecule has 4 heterocycles. The van der Waals surface area contributed by atoms with E-state index < -0.39 is 0 Å². The van der Waals surface area contributed by atoms with Crippen LogP contribution in [0.25, 0.3) is 74.9 Å². The zero-order valence-electron chi connectivity index (χ0n) is 58.8. The van der Waals surface area contributed by atoms with Crippen molar-refractivity contribution in [1.29, 1.82) is 0 Å². The zero-order valence-corrected chi connectivity index (χ0v) is 62.1. The summed E-state index contributed by atoms with van der Waals surface area (Å²) in [4.78, 5) is 2.47. The van der Waals surface area contributed by atoms with Gasteiger partial charge in [-0.15, -0.1) is 22.7 Å². The largest absolute Gasteiger partial charge is 0.495 e. The van der Waals surface area contributed by atoms with Crippen LogP contribution in [0, 0.1) is 13.8 Å². The summed E-state index contributed by atoms with van der Waals surface area (Å²) in [5.74, 6) is 1.89. The molecule has 0 saturated carbocycles. The molecule has 502 valence electrons. The van der Waals surface area contributed by atoms with E-state index in [-0.39, 0.29) is 10.8 Å². The zero-order chi connectivity index (χ0) is 64.1. The topological polar surface area (TPSA) is 70.0 Å². The highest BCUT2D eigenvalue weighted by molar-refractivity contribution is 7.23. The number of rotatable bonds is 47. The van der Waals surface area contributed by atoms with Crippen LogP contribution in [0.4, 0.5) is 0 Å². The van der Waals surface area contributed by atoms with Gasteiger partial charge in [0.15, 0.2) is 0 Å². The molecule has 0 atom stereocenters. The van der Waals surface area contributed by atoms with Crippen molar-refractivity contribution in [2.75, 3.05) is 14.2 Å². The predicted molar refractivity (Wildman–Crippen MR) is 405 cm³/mol. The van der Waals surface area contributed by atoms with E-state index in [0.29, 0.717) is 0 Å². The van der Waals surface area contributed by atoms with E-state index in [1.807, 2.05) is 25.6 Å². The average Bonchev–Trinajstić information content (AvgIpc) is 1.52. The Morgan fingerprint density at radius 3 is 1.03 bits per heavy atom. The molecular formula is C82H118N4O2S4. The molecule has 0 N–H and O–H groups in total. The maximum Gasteiger partial charge on any atom is 0.145 e. The van der Waals surface area contributed by atoms with Crippen molar-refractivity contribution in [2.24, 2.45) is 0 Å². The molecule has 10 rings (SSSR count). The fourth-order valence-electron chi connectivity index (χ4n) is 17.0. The van der Waals surface area contributed by atoms with Crippen LogP contribution in [0.2, 0.25) is 0 Å². The van der Waals surface area contributed by atoms with Crippen LogP contribution in [0.1, 0.15) is 343 Å². The van der Waals surface area contributed by atoms with E-state index in [1.165, 1.54) is 342 Å². The van der Waals surface area contributed by atoms with Gasteiger partial charge in [-0.1, -0.05) is 291 Å². The van der Waals surface area contributed by atoms with Gasteiger partial charge in [0, 0.05) is 48.0 Å². The molecule has 0 radical (unpaired) electrons. The van der Waals surface area contributed by atoms with Gasteiger partial charge in [0.05, 0.1) is 47.1 Å². The molecule has 0 amide bonds. The van der Waals surface area contributed by atoms with Crippen LogP contribution in [-0.4, -0.2) is 31.7 Å². The maximum absolute atomic E-state index is 6.39. The van der Waals surface area contributed by atoms with Crippen molar-refractivity contribution in [2.45, 2.75) is 335 Å². The Kier molecular flexibility index (Phi) is 27.6. The first-order chi connectivity index (χ1) is 45.3. The lowest BCUT2D eigenvalue weighted by atomic mass is 9.68. The van der Waals surface area contributed by atoms with Gasteiger partial charge < -0.3 is 9.47 Å². The minimum Gasteiger partial charge on any atom is -0.495 e. The molecule has 0 bridgehead atoms. The van der Waals surface area contributed by atoms with Gasteiger partial charge in [0.1, 0.15) is 33.6 Å². The smallest absolute Gasteiger partial charge is 0.145 e. The molecule has 0 fully saturated rings. The molecular weight excluding hydrogens is 1200 g/mol. The summed E-state index contributed by atoms with van der Waals surface area (Å²) in [6, 6.07) is 15.6. The lowest BCUT2D eigenvalue weighted by Gasteiger charge is -2.35. The summed E-state index contributed by atoms with van der Waals surface area (Å²) in [5, 5.41) is 2.26. The Hall–Kier alpha value is -3.96. The molecule has 0 spiro atoms. The first-order valence-electron chi connectivity index (χ1n) is 38.1. The predicted octanol–water partition coefficient (Wildman–Crippen LogP) is 28.2. The standard InChI is InChI=1S/C82H118N4O2S4/c1-9-13-17-21-25-29-33-37-41-45-49-81(50-46-42-38-34-30-26-22-18-14-10-2)66-56-62-67(55-61(66)71-68(81)53-59(5)73-75(71)85-91-83-73)82(51-47-43-39-35-31-27-23-19-15-11-3,52-48-44-40-36-32-28-24-20-16-12-4)69-57-63(74-76(72(62)69)86-92-84-74)70-58-65-78(88-8)79-64(54-60(6)89-79)77(87-7)80(65)90-70/h53-58H,9-52H2,1-8H3. The van der Waals surface area contributed by atoms with E-state index in [2.05, 4.69) is 77.9 Å². The van der Waals surface area contributed by atoms with E-state index in [0.717, 1.165) is 66.6 Å². The summed E-state index contributed by atoms with van der Waals surface area (Å²) in [6.45, 7) is 13.9. The van der Waals surface area contributed by atoms with Crippen molar-refractivity contribution in [3.8, 4) is 44.2 Å². The molecule has 2 aliphatic carbocycles. The van der Waals surface area contributed by atoms with Gasteiger partial charge in [-0.2, -0.15) is 17.5 Å².